The summed E-state index contributed by atoms with van der Waals surface area (Å²) < 4.78 is 0. The molecule has 4 nitrogen and oxygen atoms in total. The number of fused-ring (bicyclic) bond motifs is 2. The Morgan fingerprint density at radius 1 is 0.808 bits per heavy atom. The Morgan fingerprint density at radius 3 is 2.12 bits per heavy atom. The first-order valence-corrected chi connectivity index (χ1v) is 8.33. The van der Waals surface area contributed by atoms with E-state index in [1.165, 1.54) is 0 Å². The van der Waals surface area contributed by atoms with Gasteiger partial charge in [0, 0.05) is 28.5 Å². The average molecular weight is 340 g/mol. The lowest BCUT2D eigenvalue weighted by molar-refractivity contribution is -0.132. The van der Waals surface area contributed by atoms with Gasteiger partial charge in [-0.2, -0.15) is 0 Å². The Morgan fingerprint density at radius 2 is 1.42 bits per heavy atom. The molecule has 2 aromatic carbocycles. The molecule has 1 N–H and O–H groups in total. The Kier molecular flexibility index (Phi) is 4.15. The zero-order valence-corrected chi connectivity index (χ0v) is 14.0. The van der Waals surface area contributed by atoms with E-state index in [-0.39, 0.29) is 12.0 Å². The van der Waals surface area contributed by atoms with Gasteiger partial charge in [-0.1, -0.05) is 48.5 Å². The molecule has 0 unspecified atom stereocenters. The van der Waals surface area contributed by atoms with Crippen LogP contribution in [0.25, 0.3) is 27.9 Å². The Hall–Kier alpha value is -3.53. The molecule has 0 radical (unpaired) electrons. The molecule has 2 aromatic heterocycles. The van der Waals surface area contributed by atoms with Crippen molar-refractivity contribution in [3.8, 4) is 0 Å². The van der Waals surface area contributed by atoms with Gasteiger partial charge in [-0.05, 0) is 30.3 Å². The predicted octanol–water partition coefficient (Wildman–Crippen LogP) is 4.49. The molecular formula is C22H16N2O2. The van der Waals surface area contributed by atoms with Crippen molar-refractivity contribution >= 4 is 33.9 Å². The highest BCUT2D eigenvalue weighted by molar-refractivity contribution is 5.93. The van der Waals surface area contributed by atoms with Gasteiger partial charge in [0.15, 0.2) is 0 Å². The number of carboxylic acid groups (broad SMARTS) is 1. The third kappa shape index (κ3) is 3.30. The summed E-state index contributed by atoms with van der Waals surface area (Å²) in [5.74, 6) is -0.963. The Balaban J connectivity index is 1.69. The lowest BCUT2D eigenvalue weighted by Gasteiger charge is -2.05. The van der Waals surface area contributed by atoms with Crippen molar-refractivity contribution < 1.29 is 9.90 Å². The number of rotatable bonds is 4. The van der Waals surface area contributed by atoms with E-state index in [0.29, 0.717) is 5.69 Å². The molecule has 0 fully saturated rings. The monoisotopic (exact) mass is 340 g/mol. The smallest absolute Gasteiger partial charge is 0.332 e. The summed E-state index contributed by atoms with van der Waals surface area (Å²) in [5.41, 5.74) is 3.31. The largest absolute Gasteiger partial charge is 0.478 e. The van der Waals surface area contributed by atoms with Crippen LogP contribution in [0, 0.1) is 0 Å². The summed E-state index contributed by atoms with van der Waals surface area (Å²) in [5, 5.41) is 11.7. The van der Waals surface area contributed by atoms with Crippen LogP contribution in [0.1, 0.15) is 11.4 Å². The quantitative estimate of drug-likeness (QED) is 0.556. The molecule has 0 saturated carbocycles. The summed E-state index contributed by atoms with van der Waals surface area (Å²) in [6.45, 7) is 0. The molecular weight excluding hydrogens is 324 g/mol. The predicted molar refractivity (Wildman–Crippen MR) is 103 cm³/mol. The van der Waals surface area contributed by atoms with E-state index in [1.807, 2.05) is 72.8 Å². The molecule has 0 aliphatic rings. The fraction of sp³-hybridized carbons (Fsp3) is 0.0455. The number of pyridine rings is 2. The normalized spacial score (nSPS) is 11.8. The second kappa shape index (κ2) is 6.76. The van der Waals surface area contributed by atoms with E-state index in [0.717, 1.165) is 27.5 Å². The second-order valence-corrected chi connectivity index (χ2v) is 6.08. The van der Waals surface area contributed by atoms with Gasteiger partial charge in [-0.15, -0.1) is 0 Å². The zero-order chi connectivity index (χ0) is 17.9. The van der Waals surface area contributed by atoms with E-state index in [9.17, 15) is 9.90 Å². The minimum atomic E-state index is -0.963. The standard InChI is InChI=1S/C22H16N2O2/c25-22(26)17(13-18-11-9-15-5-1-3-7-20(15)23-18)14-19-12-10-16-6-2-4-8-21(16)24-19/h1-13H,14H2,(H,25,26). The van der Waals surface area contributed by atoms with Crippen LogP contribution < -0.4 is 0 Å². The van der Waals surface area contributed by atoms with Crippen molar-refractivity contribution in [2.75, 3.05) is 0 Å². The molecule has 0 atom stereocenters. The van der Waals surface area contributed by atoms with E-state index in [4.69, 9.17) is 0 Å². The fourth-order valence-electron chi connectivity index (χ4n) is 2.93. The maximum Gasteiger partial charge on any atom is 0.332 e. The summed E-state index contributed by atoms with van der Waals surface area (Å²) in [4.78, 5) is 20.8. The van der Waals surface area contributed by atoms with Crippen LogP contribution in [-0.2, 0) is 11.2 Å². The molecule has 2 heterocycles. The van der Waals surface area contributed by atoms with Crippen LogP contribution >= 0.6 is 0 Å². The van der Waals surface area contributed by atoms with Crippen LogP contribution in [0.15, 0.2) is 78.4 Å². The fourth-order valence-corrected chi connectivity index (χ4v) is 2.93. The number of aliphatic carboxylic acids is 1. The maximum atomic E-state index is 11.7. The van der Waals surface area contributed by atoms with Gasteiger partial charge in [0.05, 0.1) is 16.7 Å². The van der Waals surface area contributed by atoms with Crippen LogP contribution in [0.5, 0.6) is 0 Å². The van der Waals surface area contributed by atoms with Crippen molar-refractivity contribution in [1.29, 1.82) is 0 Å². The molecule has 4 heteroatoms. The number of carbonyl (C=O) groups is 1. The number of para-hydroxylation sites is 2. The first-order valence-electron chi connectivity index (χ1n) is 8.33. The van der Waals surface area contributed by atoms with E-state index >= 15 is 0 Å². The molecule has 4 aromatic rings. The minimum absolute atomic E-state index is 0.245. The highest BCUT2D eigenvalue weighted by Gasteiger charge is 2.11. The minimum Gasteiger partial charge on any atom is -0.478 e. The summed E-state index contributed by atoms with van der Waals surface area (Å²) in [6.07, 6.45) is 1.86. The number of hydrogen-bond donors (Lipinski definition) is 1. The van der Waals surface area contributed by atoms with Crippen molar-refractivity contribution in [2.24, 2.45) is 0 Å². The van der Waals surface area contributed by atoms with E-state index < -0.39 is 5.97 Å². The number of carboxylic acids is 1. The molecule has 26 heavy (non-hydrogen) atoms. The number of hydrogen-bond acceptors (Lipinski definition) is 3. The van der Waals surface area contributed by atoms with Crippen LogP contribution in [0.4, 0.5) is 0 Å². The lowest BCUT2D eigenvalue weighted by atomic mass is 10.1. The summed E-state index contributed by atoms with van der Waals surface area (Å²) in [6, 6.07) is 23.2. The second-order valence-electron chi connectivity index (χ2n) is 6.08. The Labute approximate surface area is 150 Å². The van der Waals surface area contributed by atoms with Gasteiger partial charge < -0.3 is 5.11 Å². The van der Waals surface area contributed by atoms with E-state index in [1.54, 1.807) is 6.08 Å². The molecule has 126 valence electrons. The van der Waals surface area contributed by atoms with Crippen molar-refractivity contribution in [2.45, 2.75) is 6.42 Å². The van der Waals surface area contributed by atoms with Gasteiger partial charge in [0.2, 0.25) is 0 Å². The van der Waals surface area contributed by atoms with Gasteiger partial charge in [-0.3, -0.25) is 4.98 Å². The topological polar surface area (TPSA) is 63.1 Å². The van der Waals surface area contributed by atoms with Gasteiger partial charge in [-0.25, -0.2) is 9.78 Å². The number of nitrogens with zero attached hydrogens (tertiary/aromatic N) is 2. The maximum absolute atomic E-state index is 11.7. The van der Waals surface area contributed by atoms with Crippen molar-refractivity contribution in [1.82, 2.24) is 9.97 Å². The number of aromatic nitrogens is 2. The van der Waals surface area contributed by atoms with Gasteiger partial charge in [0.25, 0.3) is 0 Å². The number of benzene rings is 2. The molecule has 0 aliphatic carbocycles. The zero-order valence-electron chi connectivity index (χ0n) is 14.0. The van der Waals surface area contributed by atoms with Gasteiger partial charge >= 0.3 is 5.97 Å². The highest BCUT2D eigenvalue weighted by atomic mass is 16.4. The van der Waals surface area contributed by atoms with Gasteiger partial charge in [0.1, 0.15) is 0 Å². The third-order valence-electron chi connectivity index (χ3n) is 4.24. The Bertz CT molecular complexity index is 1150. The summed E-state index contributed by atoms with van der Waals surface area (Å²) >= 11 is 0. The van der Waals surface area contributed by atoms with Crippen LogP contribution in [0.2, 0.25) is 0 Å². The SMILES string of the molecule is O=C(O)C(=Cc1ccc2ccccc2n1)Cc1ccc2ccccc2n1. The molecule has 0 bridgehead atoms. The van der Waals surface area contributed by atoms with E-state index in [2.05, 4.69) is 9.97 Å². The molecule has 0 amide bonds. The summed E-state index contributed by atoms with van der Waals surface area (Å²) in [7, 11) is 0. The average Bonchev–Trinajstić information content (AvgIpc) is 2.67. The molecule has 0 aliphatic heterocycles. The molecule has 4 rings (SSSR count). The van der Waals surface area contributed by atoms with Crippen LogP contribution in [-0.4, -0.2) is 21.0 Å². The first-order chi connectivity index (χ1) is 12.7. The van der Waals surface area contributed by atoms with Crippen molar-refractivity contribution in [3.05, 3.63) is 89.8 Å². The first kappa shape index (κ1) is 16.0. The lowest BCUT2D eigenvalue weighted by Crippen LogP contribution is -2.05. The molecule has 0 spiro atoms. The van der Waals surface area contributed by atoms with Crippen LogP contribution in [0.3, 0.4) is 0 Å². The van der Waals surface area contributed by atoms with Crippen molar-refractivity contribution in [3.63, 3.8) is 0 Å². The molecule has 0 saturated heterocycles. The third-order valence-corrected chi connectivity index (χ3v) is 4.24. The highest BCUT2D eigenvalue weighted by Crippen LogP contribution is 2.17.